The minimum Gasteiger partial charge on any atom is -0.422 e. The lowest BCUT2D eigenvalue weighted by atomic mass is 10.0. The second kappa shape index (κ2) is 5.37. The van der Waals surface area contributed by atoms with Crippen LogP contribution in [0.5, 0.6) is 0 Å². The Bertz CT molecular complexity index is 757. The normalized spacial score (nSPS) is 14.9. The van der Waals surface area contributed by atoms with Gasteiger partial charge in [-0.3, -0.25) is 4.79 Å². The average Bonchev–Trinajstić information content (AvgIpc) is 2.78. The molecule has 2 aromatic carbocycles. The Morgan fingerprint density at radius 2 is 1.71 bits per heavy atom. The van der Waals surface area contributed by atoms with Crippen LogP contribution in [0.25, 0.3) is 11.8 Å². The van der Waals surface area contributed by atoms with Crippen LogP contribution in [0, 0.1) is 0 Å². The number of rotatable bonds is 3. The molecule has 1 aliphatic heterocycles. The van der Waals surface area contributed by atoms with Crippen LogP contribution >= 0.6 is 0 Å². The van der Waals surface area contributed by atoms with Crippen LogP contribution in [-0.2, 0) is 16.0 Å². The van der Waals surface area contributed by atoms with Gasteiger partial charge in [-0.25, -0.2) is 4.79 Å². The van der Waals surface area contributed by atoms with Crippen LogP contribution in [-0.4, -0.2) is 11.8 Å². The van der Waals surface area contributed by atoms with Gasteiger partial charge in [-0.2, -0.15) is 0 Å². The number of cyclic esters (lactones) is 1. The summed E-state index contributed by atoms with van der Waals surface area (Å²) in [4.78, 5) is 23.2. The lowest BCUT2D eigenvalue weighted by Crippen LogP contribution is -1.98. The van der Waals surface area contributed by atoms with Crippen LogP contribution in [0.2, 0.25) is 0 Å². The van der Waals surface area contributed by atoms with E-state index in [4.69, 9.17) is 4.74 Å². The zero-order chi connectivity index (χ0) is 14.8. The van der Waals surface area contributed by atoms with Crippen molar-refractivity contribution in [3.8, 4) is 0 Å². The Kier molecular flexibility index (Phi) is 3.40. The molecule has 1 aliphatic rings. The maximum Gasteiger partial charge on any atom is 0.344 e. The van der Waals surface area contributed by atoms with Gasteiger partial charge < -0.3 is 4.74 Å². The van der Waals surface area contributed by atoms with Crippen molar-refractivity contribution in [1.82, 2.24) is 0 Å². The summed E-state index contributed by atoms with van der Waals surface area (Å²) in [5, 5.41) is 0. The number of esters is 1. The number of benzene rings is 2. The number of ether oxygens (including phenoxy) is 1. The SMILES string of the molecule is CC(=O)Cc1ccccc1/C=C1/OC(=O)c2ccccc21. The molecule has 0 N–H and O–H groups in total. The molecule has 0 unspecified atom stereocenters. The summed E-state index contributed by atoms with van der Waals surface area (Å²) in [7, 11) is 0. The highest BCUT2D eigenvalue weighted by atomic mass is 16.5. The van der Waals surface area contributed by atoms with Crippen molar-refractivity contribution in [2.24, 2.45) is 0 Å². The third-order valence-corrected chi connectivity index (χ3v) is 3.40. The van der Waals surface area contributed by atoms with Crippen LogP contribution in [0.4, 0.5) is 0 Å². The van der Waals surface area contributed by atoms with Crippen LogP contribution in [0.1, 0.15) is 34.0 Å². The smallest absolute Gasteiger partial charge is 0.344 e. The Morgan fingerprint density at radius 3 is 2.48 bits per heavy atom. The van der Waals surface area contributed by atoms with Crippen molar-refractivity contribution in [3.63, 3.8) is 0 Å². The highest BCUT2D eigenvalue weighted by molar-refractivity contribution is 6.05. The van der Waals surface area contributed by atoms with E-state index in [1.807, 2.05) is 48.5 Å². The highest BCUT2D eigenvalue weighted by Crippen LogP contribution is 2.31. The molecular formula is C18H14O3. The predicted octanol–water partition coefficient (Wildman–Crippen LogP) is 3.49. The molecule has 0 aliphatic carbocycles. The molecule has 0 fully saturated rings. The maximum absolute atomic E-state index is 11.8. The number of hydrogen-bond donors (Lipinski definition) is 0. The molecule has 0 amide bonds. The van der Waals surface area contributed by atoms with Crippen molar-refractivity contribution in [2.45, 2.75) is 13.3 Å². The van der Waals surface area contributed by atoms with Crippen LogP contribution < -0.4 is 0 Å². The highest BCUT2D eigenvalue weighted by Gasteiger charge is 2.25. The third kappa shape index (κ3) is 2.63. The second-order valence-corrected chi connectivity index (χ2v) is 5.02. The zero-order valence-electron chi connectivity index (χ0n) is 11.6. The number of ketones is 1. The van der Waals surface area contributed by atoms with Gasteiger partial charge in [0.25, 0.3) is 0 Å². The van der Waals surface area contributed by atoms with Crippen LogP contribution in [0.15, 0.2) is 48.5 Å². The maximum atomic E-state index is 11.8. The molecule has 104 valence electrons. The first kappa shape index (κ1) is 13.3. The van der Waals surface area contributed by atoms with Gasteiger partial charge in [0.1, 0.15) is 11.5 Å². The molecule has 0 bridgehead atoms. The minimum absolute atomic E-state index is 0.102. The fraction of sp³-hybridized carbons (Fsp3) is 0.111. The Morgan fingerprint density at radius 1 is 1.05 bits per heavy atom. The molecule has 3 heteroatoms. The van der Waals surface area contributed by atoms with E-state index in [1.165, 1.54) is 0 Å². The molecule has 0 spiro atoms. The van der Waals surface area contributed by atoms with Crippen molar-refractivity contribution < 1.29 is 14.3 Å². The van der Waals surface area contributed by atoms with Gasteiger partial charge in [0, 0.05) is 12.0 Å². The summed E-state index contributed by atoms with van der Waals surface area (Å²) in [6.07, 6.45) is 2.19. The quantitative estimate of drug-likeness (QED) is 0.807. The Balaban J connectivity index is 2.04. The number of carbonyl (C=O) groups excluding carboxylic acids is 2. The van der Waals surface area contributed by atoms with Gasteiger partial charge in [0.05, 0.1) is 5.56 Å². The van der Waals surface area contributed by atoms with E-state index < -0.39 is 0 Å². The summed E-state index contributed by atoms with van der Waals surface area (Å²) in [6, 6.07) is 14.9. The van der Waals surface area contributed by atoms with Crippen molar-refractivity contribution >= 4 is 23.6 Å². The lowest BCUT2D eigenvalue weighted by Gasteiger charge is -2.05. The molecule has 1 heterocycles. The Hall–Kier alpha value is -2.68. The number of hydrogen-bond acceptors (Lipinski definition) is 3. The third-order valence-electron chi connectivity index (χ3n) is 3.40. The molecule has 0 aromatic heterocycles. The molecule has 0 atom stereocenters. The largest absolute Gasteiger partial charge is 0.422 e. The first-order valence-corrected chi connectivity index (χ1v) is 6.76. The number of carbonyl (C=O) groups is 2. The van der Waals surface area contributed by atoms with Gasteiger partial charge in [0.15, 0.2) is 0 Å². The summed E-state index contributed by atoms with van der Waals surface area (Å²) < 4.78 is 5.33. The molecule has 0 saturated carbocycles. The first-order valence-electron chi connectivity index (χ1n) is 6.76. The molecule has 3 nitrogen and oxygen atoms in total. The van der Waals surface area contributed by atoms with Gasteiger partial charge in [0.2, 0.25) is 0 Å². The summed E-state index contributed by atoms with van der Waals surface area (Å²) >= 11 is 0. The summed E-state index contributed by atoms with van der Waals surface area (Å²) in [5.74, 6) is 0.303. The fourth-order valence-electron chi connectivity index (χ4n) is 2.44. The zero-order valence-corrected chi connectivity index (χ0v) is 11.6. The minimum atomic E-state index is -0.333. The van der Waals surface area contributed by atoms with Gasteiger partial charge in [-0.05, 0) is 30.2 Å². The van der Waals surface area contributed by atoms with Crippen molar-refractivity contribution in [3.05, 3.63) is 70.8 Å². The predicted molar refractivity (Wildman–Crippen MR) is 80.6 cm³/mol. The second-order valence-electron chi connectivity index (χ2n) is 5.02. The molecular weight excluding hydrogens is 264 g/mol. The summed E-state index contributed by atoms with van der Waals surface area (Å²) in [5.41, 5.74) is 3.19. The molecule has 3 rings (SSSR count). The molecule has 0 radical (unpaired) electrons. The monoisotopic (exact) mass is 278 g/mol. The van der Waals surface area contributed by atoms with Crippen molar-refractivity contribution in [1.29, 1.82) is 0 Å². The number of fused-ring (bicyclic) bond motifs is 1. The Labute approximate surface area is 122 Å². The van der Waals surface area contributed by atoms with E-state index in [0.717, 1.165) is 16.7 Å². The van der Waals surface area contributed by atoms with Crippen molar-refractivity contribution in [2.75, 3.05) is 0 Å². The van der Waals surface area contributed by atoms with Crippen LogP contribution in [0.3, 0.4) is 0 Å². The fourth-order valence-corrected chi connectivity index (χ4v) is 2.44. The van der Waals surface area contributed by atoms with E-state index in [0.29, 0.717) is 17.7 Å². The lowest BCUT2D eigenvalue weighted by molar-refractivity contribution is -0.116. The first-order chi connectivity index (χ1) is 10.1. The van der Waals surface area contributed by atoms with E-state index >= 15 is 0 Å². The molecule has 21 heavy (non-hydrogen) atoms. The van der Waals surface area contributed by atoms with E-state index in [9.17, 15) is 9.59 Å². The van der Waals surface area contributed by atoms with E-state index in [2.05, 4.69) is 0 Å². The standard InChI is InChI=1S/C18H14O3/c1-12(19)10-13-6-2-3-7-14(13)11-17-15-8-4-5-9-16(15)18(20)21-17/h2-9,11H,10H2,1H3/b17-11+. The van der Waals surface area contributed by atoms with Gasteiger partial charge in [-0.1, -0.05) is 42.5 Å². The molecule has 2 aromatic rings. The van der Waals surface area contributed by atoms with E-state index in [1.54, 1.807) is 13.0 Å². The molecule has 0 saturated heterocycles. The van der Waals surface area contributed by atoms with Gasteiger partial charge in [-0.15, -0.1) is 0 Å². The number of Topliss-reactive ketones (excluding diaryl/α,β-unsaturated/α-hetero) is 1. The summed E-state index contributed by atoms with van der Waals surface area (Å²) in [6.45, 7) is 1.56. The van der Waals surface area contributed by atoms with E-state index in [-0.39, 0.29) is 11.8 Å². The average molecular weight is 278 g/mol. The topological polar surface area (TPSA) is 43.4 Å². The van der Waals surface area contributed by atoms with Gasteiger partial charge >= 0.3 is 5.97 Å².